The number of rotatable bonds is 0. The Bertz CT molecular complexity index is 557. The maximum Gasteiger partial charge on any atom is 0.00553 e. The van der Waals surface area contributed by atoms with Gasteiger partial charge < -0.3 is 0 Å². The van der Waals surface area contributed by atoms with Crippen molar-refractivity contribution in [3.63, 3.8) is 0 Å². The topological polar surface area (TPSA) is 0 Å². The second-order valence-corrected chi connectivity index (χ2v) is 5.59. The van der Waals surface area contributed by atoms with Gasteiger partial charge in [0.1, 0.15) is 0 Å². The van der Waals surface area contributed by atoms with Crippen LogP contribution < -0.4 is 0 Å². The number of benzene rings is 1. The number of hydrogen-bond donors (Lipinski definition) is 0. The van der Waals surface area contributed by atoms with Crippen LogP contribution in [-0.4, -0.2) is 0 Å². The van der Waals surface area contributed by atoms with E-state index in [1.165, 1.54) is 22.3 Å². The third-order valence-electron chi connectivity index (χ3n) is 4.71. The van der Waals surface area contributed by atoms with Gasteiger partial charge in [0, 0.05) is 5.92 Å². The van der Waals surface area contributed by atoms with Crippen LogP contribution in [0.1, 0.15) is 37.8 Å². The number of fused-ring (bicyclic) bond motifs is 2. The SMILES string of the molecule is CC1=C2C=CC=CC2C(C)C(C)c2ccccc21. The number of allylic oxidation sites excluding steroid dienone is 6. The van der Waals surface area contributed by atoms with Gasteiger partial charge >= 0.3 is 0 Å². The van der Waals surface area contributed by atoms with Gasteiger partial charge in [0.15, 0.2) is 0 Å². The molecule has 3 atom stereocenters. The van der Waals surface area contributed by atoms with E-state index in [9.17, 15) is 0 Å². The minimum atomic E-state index is 0.567. The molecular weight excluding hydrogens is 216 g/mol. The highest BCUT2D eigenvalue weighted by atomic mass is 14.3. The van der Waals surface area contributed by atoms with Crippen LogP contribution in [0.2, 0.25) is 0 Å². The van der Waals surface area contributed by atoms with Crippen molar-refractivity contribution in [2.75, 3.05) is 0 Å². The van der Waals surface area contributed by atoms with E-state index in [-0.39, 0.29) is 0 Å². The van der Waals surface area contributed by atoms with Gasteiger partial charge in [0.2, 0.25) is 0 Å². The Morgan fingerprint density at radius 2 is 1.78 bits per heavy atom. The van der Waals surface area contributed by atoms with Gasteiger partial charge in [-0.15, -0.1) is 0 Å². The van der Waals surface area contributed by atoms with E-state index in [1.54, 1.807) is 0 Å². The smallest absolute Gasteiger partial charge is 0.00553 e. The Hall–Kier alpha value is -1.56. The normalized spacial score (nSPS) is 29.8. The highest BCUT2D eigenvalue weighted by Gasteiger charge is 2.30. The molecule has 92 valence electrons. The third kappa shape index (κ3) is 1.59. The molecule has 2 aliphatic rings. The molecule has 3 unspecified atom stereocenters. The zero-order valence-electron chi connectivity index (χ0n) is 11.4. The van der Waals surface area contributed by atoms with E-state index in [2.05, 4.69) is 69.3 Å². The van der Waals surface area contributed by atoms with Crippen LogP contribution in [0.25, 0.3) is 5.57 Å². The predicted octanol–water partition coefficient (Wildman–Crippen LogP) is 4.96. The lowest BCUT2D eigenvalue weighted by Crippen LogP contribution is -2.17. The fourth-order valence-corrected chi connectivity index (χ4v) is 3.38. The van der Waals surface area contributed by atoms with Crippen LogP contribution in [0.5, 0.6) is 0 Å². The van der Waals surface area contributed by atoms with Crippen molar-refractivity contribution in [2.45, 2.75) is 26.7 Å². The summed E-state index contributed by atoms with van der Waals surface area (Å²) >= 11 is 0. The van der Waals surface area contributed by atoms with E-state index >= 15 is 0 Å². The Labute approximate surface area is 110 Å². The van der Waals surface area contributed by atoms with Gasteiger partial charge in [-0.05, 0) is 41.0 Å². The van der Waals surface area contributed by atoms with Gasteiger partial charge in [0.05, 0.1) is 0 Å². The lowest BCUT2D eigenvalue weighted by Gasteiger charge is -2.27. The molecule has 0 aliphatic heterocycles. The van der Waals surface area contributed by atoms with Crippen molar-refractivity contribution in [1.82, 2.24) is 0 Å². The zero-order chi connectivity index (χ0) is 12.7. The minimum absolute atomic E-state index is 0.567. The van der Waals surface area contributed by atoms with Gasteiger partial charge in [-0.25, -0.2) is 0 Å². The highest BCUT2D eigenvalue weighted by Crippen LogP contribution is 2.44. The Balaban J connectivity index is 2.26. The molecule has 0 aromatic heterocycles. The molecule has 2 aliphatic carbocycles. The largest absolute Gasteiger partial charge is 0.0767 e. The number of hydrogen-bond acceptors (Lipinski definition) is 0. The van der Waals surface area contributed by atoms with Gasteiger partial charge in [-0.2, -0.15) is 0 Å². The van der Waals surface area contributed by atoms with E-state index in [4.69, 9.17) is 0 Å². The van der Waals surface area contributed by atoms with Crippen molar-refractivity contribution < 1.29 is 0 Å². The molecule has 0 nitrogen and oxygen atoms in total. The fourth-order valence-electron chi connectivity index (χ4n) is 3.38. The molecule has 1 aromatic carbocycles. The minimum Gasteiger partial charge on any atom is -0.0767 e. The zero-order valence-corrected chi connectivity index (χ0v) is 11.4. The average Bonchev–Trinajstić information content (AvgIpc) is 2.51. The van der Waals surface area contributed by atoms with Gasteiger partial charge in [0.25, 0.3) is 0 Å². The summed E-state index contributed by atoms with van der Waals surface area (Å²) in [5.41, 5.74) is 5.90. The Kier molecular flexibility index (Phi) is 2.74. The van der Waals surface area contributed by atoms with Crippen LogP contribution in [0, 0.1) is 11.8 Å². The first-order valence-electron chi connectivity index (χ1n) is 6.85. The Morgan fingerprint density at radius 3 is 2.61 bits per heavy atom. The maximum atomic E-state index is 2.38. The summed E-state index contributed by atoms with van der Waals surface area (Å²) in [6.07, 6.45) is 9.03. The third-order valence-corrected chi connectivity index (χ3v) is 4.71. The quantitative estimate of drug-likeness (QED) is 0.597. The molecule has 0 spiro atoms. The maximum absolute atomic E-state index is 2.38. The average molecular weight is 236 g/mol. The molecule has 0 bridgehead atoms. The second kappa shape index (κ2) is 4.28. The fraction of sp³-hybridized carbons (Fsp3) is 0.333. The van der Waals surface area contributed by atoms with E-state index in [1.807, 2.05) is 0 Å². The van der Waals surface area contributed by atoms with E-state index in [0.29, 0.717) is 17.8 Å². The van der Waals surface area contributed by atoms with Crippen molar-refractivity contribution in [1.29, 1.82) is 0 Å². The van der Waals surface area contributed by atoms with Crippen LogP contribution in [0.15, 0.2) is 54.1 Å². The summed E-state index contributed by atoms with van der Waals surface area (Å²) in [7, 11) is 0. The van der Waals surface area contributed by atoms with Gasteiger partial charge in [-0.1, -0.05) is 62.4 Å². The molecule has 0 heteroatoms. The van der Waals surface area contributed by atoms with Crippen molar-refractivity contribution in [3.8, 4) is 0 Å². The second-order valence-electron chi connectivity index (χ2n) is 5.59. The van der Waals surface area contributed by atoms with Gasteiger partial charge in [-0.3, -0.25) is 0 Å². The lowest BCUT2D eigenvalue weighted by molar-refractivity contribution is 0.417. The van der Waals surface area contributed by atoms with E-state index in [0.717, 1.165) is 0 Å². The summed E-state index contributed by atoms with van der Waals surface area (Å²) < 4.78 is 0. The first-order chi connectivity index (χ1) is 8.70. The molecule has 1 aromatic rings. The first-order valence-corrected chi connectivity index (χ1v) is 6.85. The summed E-state index contributed by atoms with van der Waals surface area (Å²) in [4.78, 5) is 0. The molecule has 0 radical (unpaired) electrons. The lowest BCUT2D eigenvalue weighted by atomic mass is 9.77. The van der Waals surface area contributed by atoms with Crippen LogP contribution >= 0.6 is 0 Å². The molecule has 0 fully saturated rings. The van der Waals surface area contributed by atoms with Crippen molar-refractivity contribution in [2.24, 2.45) is 11.8 Å². The van der Waals surface area contributed by atoms with Crippen molar-refractivity contribution in [3.05, 3.63) is 65.3 Å². The molecular formula is C18H20. The summed E-state index contributed by atoms with van der Waals surface area (Å²) in [5, 5.41) is 0. The molecule has 0 N–H and O–H groups in total. The van der Waals surface area contributed by atoms with Crippen LogP contribution in [0.3, 0.4) is 0 Å². The predicted molar refractivity (Wildman–Crippen MR) is 78.4 cm³/mol. The summed E-state index contributed by atoms with van der Waals surface area (Å²) in [6, 6.07) is 8.89. The van der Waals surface area contributed by atoms with Crippen LogP contribution in [0.4, 0.5) is 0 Å². The summed E-state index contributed by atoms with van der Waals surface area (Å²) in [6.45, 7) is 7.02. The first kappa shape index (κ1) is 11.5. The molecule has 0 saturated carbocycles. The molecule has 18 heavy (non-hydrogen) atoms. The van der Waals surface area contributed by atoms with Crippen molar-refractivity contribution >= 4 is 5.57 Å². The Morgan fingerprint density at radius 1 is 1.00 bits per heavy atom. The molecule has 0 heterocycles. The molecule has 0 saturated heterocycles. The molecule has 0 amide bonds. The van der Waals surface area contributed by atoms with E-state index < -0.39 is 0 Å². The molecule has 3 rings (SSSR count). The monoisotopic (exact) mass is 236 g/mol. The highest BCUT2D eigenvalue weighted by molar-refractivity contribution is 5.74. The standard InChI is InChI=1S/C18H20/c1-12-13(2)16-9-5-7-11-18(16)14(3)17-10-6-4-8-15(12)17/h4-13,15H,1-3H3. The van der Waals surface area contributed by atoms with Crippen LogP contribution in [-0.2, 0) is 0 Å². The summed E-state index contributed by atoms with van der Waals surface area (Å²) in [5.74, 6) is 1.83.